The van der Waals surface area contributed by atoms with Crippen molar-refractivity contribution in [2.24, 2.45) is 0 Å². The minimum Gasteiger partial charge on any atom is -0.456 e. The molecular weight excluding hydrogens is 671 g/mol. The van der Waals surface area contributed by atoms with E-state index in [-0.39, 0.29) is 0 Å². The number of rotatable bonds is 5. The molecule has 2 aromatic heterocycles. The highest BCUT2D eigenvalue weighted by Gasteiger charge is 2.20. The Morgan fingerprint density at radius 3 is 1.53 bits per heavy atom. The van der Waals surface area contributed by atoms with Crippen LogP contribution >= 0.6 is 0 Å². The average molecular weight is 702 g/mol. The molecule has 0 saturated heterocycles. The predicted molar refractivity (Wildman–Crippen MR) is 227 cm³/mol. The number of aromatic nitrogens is 3. The van der Waals surface area contributed by atoms with E-state index in [9.17, 15) is 0 Å². The van der Waals surface area contributed by atoms with Crippen LogP contribution in [-0.2, 0) is 0 Å². The van der Waals surface area contributed by atoms with E-state index in [1.807, 2.05) is 60.7 Å². The minimum atomic E-state index is 0.630. The van der Waals surface area contributed by atoms with Crippen molar-refractivity contribution < 1.29 is 4.42 Å². The molecule has 55 heavy (non-hydrogen) atoms. The van der Waals surface area contributed by atoms with Crippen molar-refractivity contribution >= 4 is 54.3 Å². The first-order valence-electron chi connectivity index (χ1n) is 18.5. The quantitative estimate of drug-likeness (QED) is 0.179. The van der Waals surface area contributed by atoms with E-state index in [1.54, 1.807) is 0 Å². The van der Waals surface area contributed by atoms with Gasteiger partial charge < -0.3 is 4.42 Å². The molecule has 11 aromatic rings. The van der Waals surface area contributed by atoms with Gasteiger partial charge in [0.15, 0.2) is 17.5 Å². The van der Waals surface area contributed by atoms with Crippen LogP contribution in [0.3, 0.4) is 0 Å². The number of nitrogens with zero attached hydrogens (tertiary/aromatic N) is 3. The van der Waals surface area contributed by atoms with E-state index in [4.69, 9.17) is 19.4 Å². The van der Waals surface area contributed by atoms with Crippen molar-refractivity contribution in [3.05, 3.63) is 188 Å². The fraction of sp³-hybridized carbons (Fsp3) is 0. The Labute approximate surface area is 317 Å². The number of hydrogen-bond acceptors (Lipinski definition) is 4. The first kappa shape index (κ1) is 31.1. The maximum absolute atomic E-state index is 6.76. The highest BCUT2D eigenvalue weighted by atomic mass is 16.3. The maximum atomic E-state index is 6.76. The Hall–Kier alpha value is -7.43. The molecule has 0 atom stereocenters. The topological polar surface area (TPSA) is 51.8 Å². The third kappa shape index (κ3) is 5.34. The first-order valence-corrected chi connectivity index (χ1v) is 18.5. The molecule has 0 saturated carbocycles. The lowest BCUT2D eigenvalue weighted by molar-refractivity contribution is 0.669. The Bertz CT molecular complexity index is 3200. The van der Waals surface area contributed by atoms with E-state index < -0.39 is 0 Å². The second-order valence-electron chi connectivity index (χ2n) is 14.0. The van der Waals surface area contributed by atoms with Gasteiger partial charge in [-0.05, 0) is 91.0 Å². The van der Waals surface area contributed by atoms with Gasteiger partial charge in [0.1, 0.15) is 11.2 Å². The SMILES string of the molecule is c1ccc(-c2nc(-c3ccccc3)nc(-c3ccc(-c4cc(-c5ccc6ccccc6c5)cc5oc6cc7ccccc7cc6c45)c4ccccc34)n2)cc1. The molecular formula is C51H31N3O. The van der Waals surface area contributed by atoms with Gasteiger partial charge in [0.2, 0.25) is 0 Å². The Balaban J connectivity index is 1.17. The zero-order chi connectivity index (χ0) is 36.3. The van der Waals surface area contributed by atoms with E-state index in [0.717, 1.165) is 77.0 Å². The fourth-order valence-corrected chi connectivity index (χ4v) is 8.00. The Morgan fingerprint density at radius 2 is 0.836 bits per heavy atom. The molecule has 256 valence electrons. The fourth-order valence-electron chi connectivity index (χ4n) is 8.00. The number of benzene rings is 9. The van der Waals surface area contributed by atoms with Crippen molar-refractivity contribution in [3.8, 4) is 56.4 Å². The van der Waals surface area contributed by atoms with Crippen LogP contribution in [-0.4, -0.2) is 15.0 Å². The molecule has 0 aliphatic heterocycles. The normalized spacial score (nSPS) is 11.6. The molecule has 0 radical (unpaired) electrons. The van der Waals surface area contributed by atoms with Gasteiger partial charge in [0.25, 0.3) is 0 Å². The molecule has 0 aliphatic rings. The molecule has 0 amide bonds. The Kier molecular flexibility index (Phi) is 7.14. The second kappa shape index (κ2) is 12.6. The summed E-state index contributed by atoms with van der Waals surface area (Å²) in [6.07, 6.45) is 0. The van der Waals surface area contributed by atoms with E-state index in [0.29, 0.717) is 17.5 Å². The van der Waals surface area contributed by atoms with Crippen LogP contribution in [0.15, 0.2) is 192 Å². The first-order chi connectivity index (χ1) is 27.2. The average Bonchev–Trinajstić information content (AvgIpc) is 3.62. The highest BCUT2D eigenvalue weighted by molar-refractivity contribution is 6.19. The van der Waals surface area contributed by atoms with Gasteiger partial charge in [-0.15, -0.1) is 0 Å². The van der Waals surface area contributed by atoms with Crippen LogP contribution in [0.25, 0.3) is 111 Å². The lowest BCUT2D eigenvalue weighted by atomic mass is 9.89. The smallest absolute Gasteiger partial charge is 0.164 e. The van der Waals surface area contributed by atoms with Crippen LogP contribution in [0.1, 0.15) is 0 Å². The van der Waals surface area contributed by atoms with Gasteiger partial charge in [-0.25, -0.2) is 15.0 Å². The lowest BCUT2D eigenvalue weighted by Crippen LogP contribution is -2.00. The number of hydrogen-bond donors (Lipinski definition) is 0. The molecule has 0 fully saturated rings. The van der Waals surface area contributed by atoms with Gasteiger partial charge in [-0.1, -0.05) is 152 Å². The molecule has 4 heteroatoms. The molecule has 11 rings (SSSR count). The third-order valence-corrected chi connectivity index (χ3v) is 10.7. The molecule has 0 unspecified atom stereocenters. The number of furan rings is 1. The van der Waals surface area contributed by atoms with Crippen molar-refractivity contribution in [3.63, 3.8) is 0 Å². The third-order valence-electron chi connectivity index (χ3n) is 10.7. The maximum Gasteiger partial charge on any atom is 0.164 e. The minimum absolute atomic E-state index is 0.630. The van der Waals surface area contributed by atoms with Crippen molar-refractivity contribution in [1.29, 1.82) is 0 Å². The molecule has 0 N–H and O–H groups in total. The summed E-state index contributed by atoms with van der Waals surface area (Å²) in [7, 11) is 0. The standard InChI is InChI=1S/C51H31N3O/c1-3-14-33(15-4-1)49-52-50(34-16-5-2-6-17-34)54-51(53-49)43-26-25-42(40-21-11-12-22-41(40)43)44-29-39(38-24-23-32-13-7-8-18-35(32)27-38)31-47-48(44)45-28-36-19-9-10-20-37(36)30-46(45)55-47/h1-31H. The lowest BCUT2D eigenvalue weighted by Gasteiger charge is -2.15. The monoisotopic (exact) mass is 701 g/mol. The summed E-state index contributed by atoms with van der Waals surface area (Å²) in [5.74, 6) is 1.91. The van der Waals surface area contributed by atoms with Gasteiger partial charge >= 0.3 is 0 Å². The zero-order valence-electron chi connectivity index (χ0n) is 29.6. The molecule has 0 aliphatic carbocycles. The zero-order valence-corrected chi connectivity index (χ0v) is 29.6. The van der Waals surface area contributed by atoms with Gasteiger partial charge in [0.05, 0.1) is 0 Å². The highest BCUT2D eigenvalue weighted by Crippen LogP contribution is 2.44. The predicted octanol–water partition coefficient (Wildman–Crippen LogP) is 13.6. The summed E-state index contributed by atoms with van der Waals surface area (Å²) >= 11 is 0. The summed E-state index contributed by atoms with van der Waals surface area (Å²) in [4.78, 5) is 15.2. The molecule has 2 heterocycles. The van der Waals surface area contributed by atoms with Crippen LogP contribution in [0.4, 0.5) is 0 Å². The van der Waals surface area contributed by atoms with Crippen molar-refractivity contribution in [2.45, 2.75) is 0 Å². The van der Waals surface area contributed by atoms with Crippen LogP contribution < -0.4 is 0 Å². The molecule has 0 spiro atoms. The summed E-state index contributed by atoms with van der Waals surface area (Å²) in [5.41, 5.74) is 9.03. The summed E-state index contributed by atoms with van der Waals surface area (Å²) in [6, 6.07) is 65.9. The Morgan fingerprint density at radius 1 is 0.291 bits per heavy atom. The van der Waals surface area contributed by atoms with Gasteiger partial charge in [0, 0.05) is 27.5 Å². The van der Waals surface area contributed by atoms with Crippen molar-refractivity contribution in [1.82, 2.24) is 15.0 Å². The molecule has 9 aromatic carbocycles. The molecule has 4 nitrogen and oxygen atoms in total. The summed E-state index contributed by atoms with van der Waals surface area (Å²) in [5, 5.41) is 9.12. The van der Waals surface area contributed by atoms with Crippen LogP contribution in [0.5, 0.6) is 0 Å². The second-order valence-corrected chi connectivity index (χ2v) is 14.0. The summed E-state index contributed by atoms with van der Waals surface area (Å²) in [6.45, 7) is 0. The van der Waals surface area contributed by atoms with Gasteiger partial charge in [-0.2, -0.15) is 0 Å². The molecule has 0 bridgehead atoms. The van der Waals surface area contributed by atoms with E-state index in [2.05, 4.69) is 127 Å². The van der Waals surface area contributed by atoms with Crippen LogP contribution in [0, 0.1) is 0 Å². The summed E-state index contributed by atoms with van der Waals surface area (Å²) < 4.78 is 6.76. The number of fused-ring (bicyclic) bond motifs is 6. The van der Waals surface area contributed by atoms with Crippen LogP contribution in [0.2, 0.25) is 0 Å². The van der Waals surface area contributed by atoms with Gasteiger partial charge in [-0.3, -0.25) is 0 Å². The van der Waals surface area contributed by atoms with Crippen molar-refractivity contribution in [2.75, 3.05) is 0 Å². The van der Waals surface area contributed by atoms with E-state index >= 15 is 0 Å². The largest absolute Gasteiger partial charge is 0.456 e. The van der Waals surface area contributed by atoms with E-state index in [1.165, 1.54) is 16.2 Å².